The number of piperazine rings is 1. The Morgan fingerprint density at radius 3 is 2.45 bits per heavy atom. The zero-order valence-corrected chi connectivity index (χ0v) is 12.6. The van der Waals surface area contributed by atoms with Gasteiger partial charge >= 0.3 is 0 Å². The number of rotatable bonds is 4. The summed E-state index contributed by atoms with van der Waals surface area (Å²) in [5, 5.41) is 9.86. The van der Waals surface area contributed by atoms with E-state index in [1.807, 2.05) is 26.8 Å². The molecule has 1 fully saturated rings. The first-order chi connectivity index (χ1) is 9.37. The van der Waals surface area contributed by atoms with Gasteiger partial charge in [-0.25, -0.2) is 9.97 Å². The van der Waals surface area contributed by atoms with E-state index < -0.39 is 5.60 Å². The number of anilines is 1. The number of nitrogens with two attached hydrogens (primary N) is 1. The van der Waals surface area contributed by atoms with Crippen LogP contribution in [0.2, 0.25) is 0 Å². The molecule has 1 aliphatic rings. The molecule has 0 atom stereocenters. The molecule has 112 valence electrons. The van der Waals surface area contributed by atoms with Crippen LogP contribution in [0.5, 0.6) is 0 Å². The topological polar surface area (TPSA) is 78.5 Å². The number of aromatic nitrogens is 2. The van der Waals surface area contributed by atoms with Gasteiger partial charge in [0.05, 0.1) is 11.3 Å². The first kappa shape index (κ1) is 15.2. The molecule has 3 N–H and O–H groups in total. The Morgan fingerprint density at radius 2 is 1.90 bits per heavy atom. The maximum atomic E-state index is 9.86. The van der Waals surface area contributed by atoms with Gasteiger partial charge in [-0.1, -0.05) is 0 Å². The molecule has 0 amide bonds. The van der Waals surface area contributed by atoms with Crippen LogP contribution in [0.1, 0.15) is 25.2 Å². The van der Waals surface area contributed by atoms with E-state index in [1.165, 1.54) is 0 Å². The summed E-state index contributed by atoms with van der Waals surface area (Å²) in [5.74, 6) is 0.772. The standard InChI is InChI=1S/C14H25N5O/c1-11-8-12(9-15)17-13(16-11)19-6-4-18(5-7-19)10-14(2,3)20/h8,20H,4-7,9-10,15H2,1-3H3. The molecule has 1 aliphatic heterocycles. The van der Waals surface area contributed by atoms with E-state index in [0.717, 1.165) is 43.5 Å². The minimum atomic E-state index is -0.644. The lowest BCUT2D eigenvalue weighted by atomic mass is 10.1. The van der Waals surface area contributed by atoms with Crippen molar-refractivity contribution in [2.24, 2.45) is 5.73 Å². The summed E-state index contributed by atoms with van der Waals surface area (Å²) < 4.78 is 0. The zero-order valence-electron chi connectivity index (χ0n) is 12.6. The highest BCUT2D eigenvalue weighted by molar-refractivity contribution is 5.33. The molecule has 1 aromatic rings. The number of aryl methyl sites for hydroxylation is 1. The number of aliphatic hydroxyl groups is 1. The second-order valence-corrected chi connectivity index (χ2v) is 6.08. The van der Waals surface area contributed by atoms with E-state index in [2.05, 4.69) is 19.8 Å². The quantitative estimate of drug-likeness (QED) is 0.816. The van der Waals surface area contributed by atoms with Crippen molar-refractivity contribution in [3.63, 3.8) is 0 Å². The molecule has 20 heavy (non-hydrogen) atoms. The van der Waals surface area contributed by atoms with Crippen LogP contribution in [0.3, 0.4) is 0 Å². The summed E-state index contributed by atoms with van der Waals surface area (Å²) in [6, 6.07) is 1.92. The van der Waals surface area contributed by atoms with Crippen LogP contribution in [0.4, 0.5) is 5.95 Å². The van der Waals surface area contributed by atoms with Gasteiger partial charge in [0.25, 0.3) is 0 Å². The van der Waals surface area contributed by atoms with Gasteiger partial charge in [-0.05, 0) is 26.8 Å². The van der Waals surface area contributed by atoms with Gasteiger partial charge in [0, 0.05) is 45.0 Å². The van der Waals surface area contributed by atoms with Crippen molar-refractivity contribution in [2.45, 2.75) is 32.9 Å². The fourth-order valence-corrected chi connectivity index (χ4v) is 2.52. The molecule has 0 aromatic carbocycles. The first-order valence-electron chi connectivity index (χ1n) is 7.12. The molecule has 0 aliphatic carbocycles. The third-order valence-electron chi connectivity index (χ3n) is 3.37. The average Bonchev–Trinajstić information content (AvgIpc) is 2.37. The Kier molecular flexibility index (Phi) is 4.57. The summed E-state index contributed by atoms with van der Waals surface area (Å²) in [7, 11) is 0. The molecule has 0 radical (unpaired) electrons. The second-order valence-electron chi connectivity index (χ2n) is 6.08. The van der Waals surface area contributed by atoms with Gasteiger partial charge in [-0.3, -0.25) is 4.90 Å². The van der Waals surface area contributed by atoms with Crippen molar-refractivity contribution < 1.29 is 5.11 Å². The molecule has 0 saturated carbocycles. The summed E-state index contributed by atoms with van der Waals surface area (Å²) >= 11 is 0. The first-order valence-corrected chi connectivity index (χ1v) is 7.12. The maximum Gasteiger partial charge on any atom is 0.225 e. The van der Waals surface area contributed by atoms with Crippen molar-refractivity contribution in [3.8, 4) is 0 Å². The Morgan fingerprint density at radius 1 is 1.25 bits per heavy atom. The molecule has 2 heterocycles. The molecular weight excluding hydrogens is 254 g/mol. The fraction of sp³-hybridized carbons (Fsp3) is 0.714. The van der Waals surface area contributed by atoms with Crippen LogP contribution in [0.15, 0.2) is 6.07 Å². The van der Waals surface area contributed by atoms with Crippen molar-refractivity contribution in [1.29, 1.82) is 0 Å². The van der Waals surface area contributed by atoms with Crippen molar-refractivity contribution in [3.05, 3.63) is 17.5 Å². The van der Waals surface area contributed by atoms with Gasteiger partial charge < -0.3 is 15.7 Å². The summed E-state index contributed by atoms with van der Waals surface area (Å²) in [4.78, 5) is 13.5. The van der Waals surface area contributed by atoms with E-state index >= 15 is 0 Å². The third kappa shape index (κ3) is 4.13. The van der Waals surface area contributed by atoms with Crippen LogP contribution < -0.4 is 10.6 Å². The second kappa shape index (κ2) is 6.03. The molecular formula is C14H25N5O. The minimum Gasteiger partial charge on any atom is -0.389 e. The van der Waals surface area contributed by atoms with Crippen LogP contribution in [0.25, 0.3) is 0 Å². The molecule has 0 unspecified atom stereocenters. The Labute approximate surface area is 120 Å². The number of nitrogens with zero attached hydrogens (tertiary/aromatic N) is 4. The van der Waals surface area contributed by atoms with E-state index in [0.29, 0.717) is 13.1 Å². The van der Waals surface area contributed by atoms with Crippen molar-refractivity contribution in [1.82, 2.24) is 14.9 Å². The molecule has 1 aromatic heterocycles. The van der Waals surface area contributed by atoms with E-state index in [4.69, 9.17) is 5.73 Å². The summed E-state index contributed by atoms with van der Waals surface area (Å²) in [6.45, 7) is 10.4. The van der Waals surface area contributed by atoms with Crippen LogP contribution in [0, 0.1) is 6.92 Å². The highest BCUT2D eigenvalue weighted by atomic mass is 16.3. The van der Waals surface area contributed by atoms with Gasteiger partial charge in [0.15, 0.2) is 0 Å². The maximum absolute atomic E-state index is 9.86. The van der Waals surface area contributed by atoms with Gasteiger partial charge in [0.1, 0.15) is 0 Å². The molecule has 2 rings (SSSR count). The van der Waals surface area contributed by atoms with Crippen molar-refractivity contribution in [2.75, 3.05) is 37.6 Å². The van der Waals surface area contributed by atoms with Crippen LogP contribution in [-0.2, 0) is 6.54 Å². The summed E-state index contributed by atoms with van der Waals surface area (Å²) in [6.07, 6.45) is 0. The van der Waals surface area contributed by atoms with Gasteiger partial charge in [0.2, 0.25) is 5.95 Å². The lowest BCUT2D eigenvalue weighted by molar-refractivity contribution is 0.0344. The predicted molar refractivity (Wildman–Crippen MR) is 79.6 cm³/mol. The average molecular weight is 279 g/mol. The van der Waals surface area contributed by atoms with Crippen molar-refractivity contribution >= 4 is 5.95 Å². The number of hydrogen-bond donors (Lipinski definition) is 2. The minimum absolute atomic E-state index is 0.440. The fourth-order valence-electron chi connectivity index (χ4n) is 2.52. The largest absolute Gasteiger partial charge is 0.389 e. The third-order valence-corrected chi connectivity index (χ3v) is 3.37. The van der Waals surface area contributed by atoms with Crippen LogP contribution in [-0.4, -0.2) is 58.3 Å². The van der Waals surface area contributed by atoms with Gasteiger partial charge in [-0.15, -0.1) is 0 Å². The Hall–Kier alpha value is -1.24. The number of β-amino-alcohol motifs (C(OH)–C–C–N with tert-alkyl or cyclic N) is 1. The summed E-state index contributed by atoms with van der Waals surface area (Å²) in [5.41, 5.74) is 6.85. The Balaban J connectivity index is 1.98. The lowest BCUT2D eigenvalue weighted by Crippen LogP contribution is -2.51. The van der Waals surface area contributed by atoms with Gasteiger partial charge in [-0.2, -0.15) is 0 Å². The Bertz CT molecular complexity index is 449. The van der Waals surface area contributed by atoms with E-state index in [9.17, 15) is 5.11 Å². The van der Waals surface area contributed by atoms with Crippen LogP contribution >= 0.6 is 0 Å². The highest BCUT2D eigenvalue weighted by Gasteiger charge is 2.23. The lowest BCUT2D eigenvalue weighted by Gasteiger charge is -2.37. The SMILES string of the molecule is Cc1cc(CN)nc(N2CCN(CC(C)(C)O)CC2)n1. The number of hydrogen-bond acceptors (Lipinski definition) is 6. The molecule has 6 heteroatoms. The molecule has 6 nitrogen and oxygen atoms in total. The normalized spacial score (nSPS) is 17.6. The molecule has 1 saturated heterocycles. The molecule has 0 bridgehead atoms. The molecule has 0 spiro atoms. The van der Waals surface area contributed by atoms with E-state index in [1.54, 1.807) is 0 Å². The zero-order chi connectivity index (χ0) is 14.8. The predicted octanol–water partition coefficient (Wildman–Crippen LogP) is 0.137. The highest BCUT2D eigenvalue weighted by Crippen LogP contribution is 2.14. The smallest absolute Gasteiger partial charge is 0.225 e. The monoisotopic (exact) mass is 279 g/mol. The van der Waals surface area contributed by atoms with E-state index in [-0.39, 0.29) is 0 Å².